The predicted molar refractivity (Wildman–Crippen MR) is 78.0 cm³/mol. The van der Waals surface area contributed by atoms with Crippen molar-refractivity contribution >= 4 is 21.6 Å². The van der Waals surface area contributed by atoms with E-state index >= 15 is 0 Å². The van der Waals surface area contributed by atoms with Crippen molar-refractivity contribution in [1.29, 1.82) is 5.26 Å². The van der Waals surface area contributed by atoms with E-state index in [1.165, 1.54) is 18.2 Å². The maximum Gasteiger partial charge on any atom is 0.242 e. The number of nitrogens with one attached hydrogen (secondary N) is 1. The number of rotatable bonds is 3. The lowest BCUT2D eigenvalue weighted by molar-refractivity contribution is 0.510. The van der Waals surface area contributed by atoms with Crippen LogP contribution in [0.2, 0.25) is 5.02 Å². The molecule has 0 radical (unpaired) electrons. The van der Waals surface area contributed by atoms with Gasteiger partial charge in [0.15, 0.2) is 0 Å². The SMILES string of the molecule is N#Cc1ccc(Cl)c(S(=O)(=O)NC2CCCCCC2)c1. The maximum atomic E-state index is 12.4. The van der Waals surface area contributed by atoms with Gasteiger partial charge in [0.2, 0.25) is 10.0 Å². The molecule has 1 aromatic carbocycles. The minimum absolute atomic E-state index is 0.0116. The molecule has 0 heterocycles. The molecule has 0 unspecified atom stereocenters. The summed E-state index contributed by atoms with van der Waals surface area (Å²) in [6.45, 7) is 0. The van der Waals surface area contributed by atoms with Crippen LogP contribution in [0.5, 0.6) is 0 Å². The second-order valence-electron chi connectivity index (χ2n) is 5.07. The Morgan fingerprint density at radius 2 is 1.85 bits per heavy atom. The standard InChI is InChI=1S/C14H17ClN2O2S/c15-13-8-7-11(10-16)9-14(13)20(18,19)17-12-5-3-1-2-4-6-12/h7-9,12,17H,1-6H2. The lowest BCUT2D eigenvalue weighted by atomic mass is 10.1. The van der Waals surface area contributed by atoms with Crippen LogP contribution in [-0.4, -0.2) is 14.5 Å². The first-order valence-corrected chi connectivity index (χ1v) is 8.61. The van der Waals surface area contributed by atoms with Crippen LogP contribution in [0, 0.1) is 11.3 Å². The highest BCUT2D eigenvalue weighted by Crippen LogP contribution is 2.24. The molecule has 20 heavy (non-hydrogen) atoms. The molecule has 1 aromatic rings. The molecule has 0 bridgehead atoms. The van der Waals surface area contributed by atoms with Gasteiger partial charge in [-0.3, -0.25) is 0 Å². The van der Waals surface area contributed by atoms with Crippen LogP contribution in [-0.2, 0) is 10.0 Å². The summed E-state index contributed by atoms with van der Waals surface area (Å²) in [6, 6.07) is 6.17. The van der Waals surface area contributed by atoms with E-state index in [1.54, 1.807) is 0 Å². The van der Waals surface area contributed by atoms with Gasteiger partial charge in [-0.1, -0.05) is 37.3 Å². The fourth-order valence-corrected chi connectivity index (χ4v) is 4.29. The van der Waals surface area contributed by atoms with Gasteiger partial charge in [0.25, 0.3) is 0 Å². The fourth-order valence-electron chi connectivity index (χ4n) is 2.46. The molecule has 1 fully saturated rings. The fraction of sp³-hybridized carbons (Fsp3) is 0.500. The van der Waals surface area contributed by atoms with Crippen molar-refractivity contribution in [2.24, 2.45) is 0 Å². The Kier molecular flexibility index (Phi) is 5.03. The summed E-state index contributed by atoms with van der Waals surface area (Å²) < 4.78 is 27.5. The topological polar surface area (TPSA) is 70.0 Å². The second-order valence-corrected chi connectivity index (χ2v) is 7.16. The van der Waals surface area contributed by atoms with Gasteiger partial charge in [0.05, 0.1) is 16.7 Å². The summed E-state index contributed by atoms with van der Waals surface area (Å²) in [5.41, 5.74) is 0.288. The van der Waals surface area contributed by atoms with Crippen LogP contribution in [0.1, 0.15) is 44.1 Å². The Hall–Kier alpha value is -1.09. The predicted octanol–water partition coefficient (Wildman–Crippen LogP) is 3.21. The molecule has 1 aliphatic carbocycles. The highest BCUT2D eigenvalue weighted by Gasteiger charge is 2.23. The summed E-state index contributed by atoms with van der Waals surface area (Å²) in [4.78, 5) is -0.0116. The second kappa shape index (κ2) is 6.57. The Morgan fingerprint density at radius 1 is 1.20 bits per heavy atom. The van der Waals surface area contributed by atoms with Crippen LogP contribution >= 0.6 is 11.6 Å². The highest BCUT2D eigenvalue weighted by molar-refractivity contribution is 7.89. The first-order chi connectivity index (χ1) is 9.53. The molecule has 6 heteroatoms. The zero-order chi connectivity index (χ0) is 14.6. The third-order valence-electron chi connectivity index (χ3n) is 3.53. The van der Waals surface area contributed by atoms with Crippen molar-refractivity contribution in [1.82, 2.24) is 4.72 Å². The monoisotopic (exact) mass is 312 g/mol. The third kappa shape index (κ3) is 3.72. The molecule has 0 aliphatic heterocycles. The maximum absolute atomic E-state index is 12.4. The third-order valence-corrected chi connectivity index (χ3v) is 5.53. The van der Waals surface area contributed by atoms with Crippen LogP contribution in [0.3, 0.4) is 0 Å². The largest absolute Gasteiger partial charge is 0.242 e. The van der Waals surface area contributed by atoms with Crippen LogP contribution in [0.4, 0.5) is 0 Å². The van der Waals surface area contributed by atoms with E-state index in [2.05, 4.69) is 4.72 Å². The number of hydrogen-bond donors (Lipinski definition) is 1. The number of nitrogens with zero attached hydrogens (tertiary/aromatic N) is 1. The van der Waals surface area contributed by atoms with Gasteiger partial charge in [0.1, 0.15) is 4.90 Å². The van der Waals surface area contributed by atoms with E-state index in [4.69, 9.17) is 16.9 Å². The van der Waals surface area contributed by atoms with Gasteiger partial charge < -0.3 is 0 Å². The molecule has 0 aromatic heterocycles. The van der Waals surface area contributed by atoms with E-state index in [1.807, 2.05) is 6.07 Å². The molecule has 0 saturated heterocycles. The van der Waals surface area contributed by atoms with Crippen molar-refractivity contribution in [3.8, 4) is 6.07 Å². The number of sulfonamides is 1. The van der Waals surface area contributed by atoms with E-state index in [-0.39, 0.29) is 21.5 Å². The van der Waals surface area contributed by atoms with Crippen molar-refractivity contribution in [2.75, 3.05) is 0 Å². The average Bonchev–Trinajstić information content (AvgIpc) is 2.67. The summed E-state index contributed by atoms with van der Waals surface area (Å²) >= 11 is 5.96. The van der Waals surface area contributed by atoms with Crippen molar-refractivity contribution in [2.45, 2.75) is 49.5 Å². The number of benzene rings is 1. The van der Waals surface area contributed by atoms with Gasteiger partial charge in [-0.05, 0) is 31.0 Å². The number of halogens is 1. The minimum Gasteiger partial charge on any atom is -0.208 e. The van der Waals surface area contributed by atoms with Crippen molar-refractivity contribution < 1.29 is 8.42 Å². The minimum atomic E-state index is -3.67. The van der Waals surface area contributed by atoms with Gasteiger partial charge in [0, 0.05) is 6.04 Å². The molecule has 4 nitrogen and oxygen atoms in total. The summed E-state index contributed by atoms with van der Waals surface area (Å²) in [5, 5.41) is 9.01. The van der Waals surface area contributed by atoms with Crippen LogP contribution in [0.15, 0.2) is 23.1 Å². The van der Waals surface area contributed by atoms with E-state index in [0.29, 0.717) is 0 Å². The van der Waals surface area contributed by atoms with Crippen LogP contribution < -0.4 is 4.72 Å². The first-order valence-electron chi connectivity index (χ1n) is 6.75. The molecule has 1 aliphatic rings. The van der Waals surface area contributed by atoms with Gasteiger partial charge in [-0.15, -0.1) is 0 Å². The Morgan fingerprint density at radius 3 is 2.45 bits per heavy atom. The average molecular weight is 313 g/mol. The highest BCUT2D eigenvalue weighted by atomic mass is 35.5. The lowest BCUT2D eigenvalue weighted by Crippen LogP contribution is -2.34. The summed E-state index contributed by atoms with van der Waals surface area (Å²) in [7, 11) is -3.67. The Labute approximate surface area is 124 Å². The molecule has 108 valence electrons. The summed E-state index contributed by atoms with van der Waals surface area (Å²) in [6.07, 6.45) is 6.10. The summed E-state index contributed by atoms with van der Waals surface area (Å²) in [5.74, 6) is 0. The van der Waals surface area contributed by atoms with E-state index < -0.39 is 10.0 Å². The van der Waals surface area contributed by atoms with Gasteiger partial charge >= 0.3 is 0 Å². The number of nitriles is 1. The van der Waals surface area contributed by atoms with Crippen molar-refractivity contribution in [3.05, 3.63) is 28.8 Å². The molecule has 1 saturated carbocycles. The molecule has 2 rings (SSSR count). The molecule has 1 N–H and O–H groups in total. The Balaban J connectivity index is 2.23. The number of hydrogen-bond acceptors (Lipinski definition) is 3. The Bertz CT molecular complexity index is 615. The van der Waals surface area contributed by atoms with E-state index in [9.17, 15) is 8.42 Å². The zero-order valence-electron chi connectivity index (χ0n) is 11.1. The van der Waals surface area contributed by atoms with Gasteiger partial charge in [-0.25, -0.2) is 13.1 Å². The smallest absolute Gasteiger partial charge is 0.208 e. The quantitative estimate of drug-likeness (QED) is 0.871. The van der Waals surface area contributed by atoms with Crippen LogP contribution in [0.25, 0.3) is 0 Å². The normalized spacial score (nSPS) is 17.4. The first kappa shape index (κ1) is 15.3. The molecule has 0 spiro atoms. The zero-order valence-corrected chi connectivity index (χ0v) is 12.7. The molecular formula is C14H17ClN2O2S. The van der Waals surface area contributed by atoms with Crippen molar-refractivity contribution in [3.63, 3.8) is 0 Å². The lowest BCUT2D eigenvalue weighted by Gasteiger charge is -2.17. The molecular weight excluding hydrogens is 296 g/mol. The van der Waals surface area contributed by atoms with E-state index in [0.717, 1.165) is 38.5 Å². The van der Waals surface area contributed by atoms with Gasteiger partial charge in [-0.2, -0.15) is 5.26 Å². The molecule has 0 amide bonds. The molecule has 0 atom stereocenters.